The van der Waals surface area contributed by atoms with Crippen molar-refractivity contribution in [3.05, 3.63) is 0 Å². The molecule has 1 N–H and O–H groups in total. The second-order valence-electron chi connectivity index (χ2n) is 8.23. The maximum Gasteiger partial charge on any atom is 0.268 e. The minimum atomic E-state index is -0.0821. The van der Waals surface area contributed by atoms with Crippen LogP contribution in [0.25, 0.3) is 0 Å². The Labute approximate surface area is 142 Å². The van der Waals surface area contributed by atoms with E-state index in [2.05, 4.69) is 20.4 Å². The largest absolute Gasteiger partial charge is 0.379 e. The molecule has 3 aliphatic carbocycles. The van der Waals surface area contributed by atoms with Gasteiger partial charge in [-0.3, -0.25) is 9.69 Å². The Morgan fingerprint density at radius 2 is 2.00 bits per heavy atom. The van der Waals surface area contributed by atoms with Crippen molar-refractivity contribution in [3.8, 4) is 0 Å². The molecule has 2 heterocycles. The van der Waals surface area contributed by atoms with Gasteiger partial charge in [0.15, 0.2) is 0 Å². The van der Waals surface area contributed by atoms with Gasteiger partial charge >= 0.3 is 0 Å². The summed E-state index contributed by atoms with van der Waals surface area (Å²) in [6.45, 7) is 4.49. The van der Waals surface area contributed by atoms with Gasteiger partial charge in [0.1, 0.15) is 5.71 Å². The molecule has 5 rings (SSSR count). The van der Waals surface area contributed by atoms with E-state index in [1.54, 1.807) is 0 Å². The molecule has 1 amide bonds. The first-order valence-corrected chi connectivity index (χ1v) is 9.52. The van der Waals surface area contributed by atoms with Crippen LogP contribution in [-0.4, -0.2) is 60.6 Å². The van der Waals surface area contributed by atoms with Crippen molar-refractivity contribution in [2.24, 2.45) is 28.0 Å². The van der Waals surface area contributed by atoms with E-state index in [-0.39, 0.29) is 17.4 Å². The maximum absolute atomic E-state index is 13.0. The summed E-state index contributed by atoms with van der Waals surface area (Å²) in [4.78, 5) is 15.4. The topological polar surface area (TPSA) is 66.3 Å². The van der Waals surface area contributed by atoms with E-state index < -0.39 is 0 Å². The van der Waals surface area contributed by atoms with Crippen LogP contribution >= 0.6 is 0 Å². The van der Waals surface area contributed by atoms with Crippen LogP contribution in [0.3, 0.4) is 0 Å². The molecule has 3 atom stereocenters. The lowest BCUT2D eigenvalue weighted by molar-refractivity contribution is -0.117. The molecule has 3 unspecified atom stereocenters. The average molecular weight is 330 g/mol. The maximum atomic E-state index is 13.0. The molecule has 3 saturated carbocycles. The zero-order valence-corrected chi connectivity index (χ0v) is 14.2. The van der Waals surface area contributed by atoms with Crippen LogP contribution in [-0.2, 0) is 9.53 Å². The van der Waals surface area contributed by atoms with Crippen LogP contribution in [0.5, 0.6) is 0 Å². The first-order chi connectivity index (χ1) is 11.7. The first-order valence-electron chi connectivity index (χ1n) is 9.52. The van der Waals surface area contributed by atoms with E-state index in [9.17, 15) is 4.79 Å². The van der Waals surface area contributed by atoms with E-state index in [4.69, 9.17) is 4.74 Å². The number of morpholine rings is 1. The lowest BCUT2D eigenvalue weighted by Crippen LogP contribution is -2.57. The molecule has 6 nitrogen and oxygen atoms in total. The quantitative estimate of drug-likeness (QED) is 0.843. The van der Waals surface area contributed by atoms with E-state index in [0.29, 0.717) is 11.6 Å². The molecule has 0 radical (unpaired) electrons. The van der Waals surface area contributed by atoms with E-state index in [1.165, 1.54) is 25.0 Å². The Morgan fingerprint density at radius 3 is 2.79 bits per heavy atom. The third-order valence-corrected chi connectivity index (χ3v) is 6.60. The Hall–Kier alpha value is -1.27. The second kappa shape index (κ2) is 5.63. The third kappa shape index (κ3) is 2.51. The predicted octanol–water partition coefficient (Wildman–Crippen LogP) is 1.21. The molecule has 0 aromatic heterocycles. The van der Waals surface area contributed by atoms with Crippen molar-refractivity contribution >= 4 is 17.3 Å². The summed E-state index contributed by atoms with van der Waals surface area (Å²) in [6.07, 6.45) is 6.91. The van der Waals surface area contributed by atoms with Crippen molar-refractivity contribution < 1.29 is 9.53 Å². The Balaban J connectivity index is 1.27. The highest BCUT2D eigenvalue weighted by Gasteiger charge is 2.55. The molecule has 0 spiro atoms. The van der Waals surface area contributed by atoms with E-state index in [1.807, 2.05) is 0 Å². The van der Waals surface area contributed by atoms with Crippen LogP contribution < -0.4 is 5.32 Å². The van der Waals surface area contributed by atoms with E-state index >= 15 is 0 Å². The van der Waals surface area contributed by atoms with Crippen LogP contribution in [0.4, 0.5) is 0 Å². The highest BCUT2D eigenvalue weighted by molar-refractivity contribution is 6.45. The number of carbonyl (C=O) groups excluding carboxylic acids is 1. The lowest BCUT2D eigenvalue weighted by Gasteiger charge is -2.38. The summed E-state index contributed by atoms with van der Waals surface area (Å²) in [5, 5.41) is 12.0. The highest BCUT2D eigenvalue weighted by atomic mass is 16.5. The van der Waals surface area contributed by atoms with Crippen molar-refractivity contribution in [1.29, 1.82) is 0 Å². The summed E-state index contributed by atoms with van der Waals surface area (Å²) in [6, 6.07) is 0. The van der Waals surface area contributed by atoms with Gasteiger partial charge in [0.05, 0.1) is 24.5 Å². The normalized spacial score (nSPS) is 36.8. The molecule has 0 aromatic carbocycles. The number of nitrogens with zero attached hydrogens (tertiary/aromatic N) is 3. The number of rotatable bonds is 4. The van der Waals surface area contributed by atoms with Crippen molar-refractivity contribution in [1.82, 2.24) is 10.2 Å². The minimum Gasteiger partial charge on any atom is -0.379 e. The lowest BCUT2D eigenvalue weighted by atomic mass is 9.92. The standard InChI is InChI=1S/C18H26N4O2/c23-17(16-14-10-12-9-13(12)15(14)20-21-16)19-18(3-1-2-4-18)11-22-5-7-24-8-6-22/h12-14H,1-11H2,(H,19,23). The number of ether oxygens (including phenoxy) is 1. The van der Waals surface area contributed by atoms with Crippen LogP contribution in [0.1, 0.15) is 38.5 Å². The molecular weight excluding hydrogens is 304 g/mol. The Bertz CT molecular complexity index is 602. The third-order valence-electron chi connectivity index (χ3n) is 6.60. The molecule has 6 heteroatoms. The van der Waals surface area contributed by atoms with Gasteiger partial charge in [-0.15, -0.1) is 5.10 Å². The van der Waals surface area contributed by atoms with Gasteiger partial charge in [0, 0.05) is 31.5 Å². The number of carbonyl (C=O) groups is 1. The summed E-state index contributed by atoms with van der Waals surface area (Å²) >= 11 is 0. The van der Waals surface area contributed by atoms with Gasteiger partial charge in [-0.25, -0.2) is 0 Å². The summed E-state index contributed by atoms with van der Waals surface area (Å²) in [5.74, 6) is 1.67. The van der Waals surface area contributed by atoms with Gasteiger partial charge in [-0.1, -0.05) is 12.8 Å². The molecule has 5 aliphatic rings. The van der Waals surface area contributed by atoms with Crippen molar-refractivity contribution in [3.63, 3.8) is 0 Å². The monoisotopic (exact) mass is 330 g/mol. The number of amides is 1. The van der Waals surface area contributed by atoms with Crippen LogP contribution in [0, 0.1) is 17.8 Å². The van der Waals surface area contributed by atoms with Gasteiger partial charge in [-0.05, 0) is 31.6 Å². The fourth-order valence-electron chi connectivity index (χ4n) is 5.20. The highest BCUT2D eigenvalue weighted by Crippen LogP contribution is 2.54. The summed E-state index contributed by atoms with van der Waals surface area (Å²) in [7, 11) is 0. The van der Waals surface area contributed by atoms with Crippen molar-refractivity contribution in [2.45, 2.75) is 44.1 Å². The fourth-order valence-corrected chi connectivity index (χ4v) is 5.20. The predicted molar refractivity (Wildman–Crippen MR) is 91.2 cm³/mol. The van der Waals surface area contributed by atoms with Crippen LogP contribution in [0.15, 0.2) is 10.2 Å². The average Bonchev–Trinajstić information content (AvgIpc) is 2.93. The number of hydrogen-bond donors (Lipinski definition) is 1. The van der Waals surface area contributed by atoms with Crippen molar-refractivity contribution in [2.75, 3.05) is 32.8 Å². The molecule has 2 aliphatic heterocycles. The fraction of sp³-hybridized carbons (Fsp3) is 0.833. The smallest absolute Gasteiger partial charge is 0.268 e. The zero-order chi connectivity index (χ0) is 16.1. The molecule has 0 bridgehead atoms. The summed E-state index contributed by atoms with van der Waals surface area (Å²) < 4.78 is 5.46. The van der Waals surface area contributed by atoms with Gasteiger partial charge in [0.25, 0.3) is 5.91 Å². The van der Waals surface area contributed by atoms with Gasteiger partial charge in [-0.2, -0.15) is 5.10 Å². The number of fused-ring (bicyclic) bond motifs is 3. The molecule has 130 valence electrons. The van der Waals surface area contributed by atoms with E-state index in [0.717, 1.165) is 58.0 Å². The Morgan fingerprint density at radius 1 is 1.21 bits per heavy atom. The molecule has 1 saturated heterocycles. The van der Waals surface area contributed by atoms with Gasteiger partial charge in [0.2, 0.25) is 0 Å². The number of hydrogen-bond acceptors (Lipinski definition) is 5. The minimum absolute atomic E-state index is 0.0372. The summed E-state index contributed by atoms with van der Waals surface area (Å²) in [5.41, 5.74) is 1.80. The Kier molecular flexibility index (Phi) is 3.52. The SMILES string of the molecule is O=C(NC1(CN2CCOCC2)CCCC1)C1=NN=C2C1CC1CC21. The number of nitrogens with one attached hydrogen (secondary N) is 1. The molecule has 0 aromatic rings. The van der Waals surface area contributed by atoms with Crippen LogP contribution in [0.2, 0.25) is 0 Å². The van der Waals surface area contributed by atoms with Gasteiger partial charge < -0.3 is 10.1 Å². The second-order valence-corrected chi connectivity index (χ2v) is 8.23. The molecular formula is C18H26N4O2. The molecule has 24 heavy (non-hydrogen) atoms. The molecule has 4 fully saturated rings. The first kappa shape index (κ1) is 15.0. The zero-order valence-electron chi connectivity index (χ0n) is 14.2.